The maximum atomic E-state index is 9.13. The van der Waals surface area contributed by atoms with Crippen LogP contribution in [0.3, 0.4) is 0 Å². The van der Waals surface area contributed by atoms with Crippen molar-refractivity contribution in [2.75, 3.05) is 19.8 Å². The number of rotatable bonds is 19. The van der Waals surface area contributed by atoms with E-state index in [1.54, 1.807) is 6.21 Å². The van der Waals surface area contributed by atoms with Gasteiger partial charge in [-0.15, -0.1) is 0 Å². The Bertz CT molecular complexity index is 790. The maximum absolute atomic E-state index is 9.13. The molecule has 0 saturated heterocycles. The van der Waals surface area contributed by atoms with Gasteiger partial charge < -0.3 is 10.2 Å². The minimum absolute atomic E-state index is 0.00947. The van der Waals surface area contributed by atoms with Gasteiger partial charge in [0.15, 0.2) is 0 Å². The SMILES string of the molecule is CCC(/C=C\C[C@H](C)CC(O)O)OCc1cc(C)c([C@@H](C=N)CI(CC)CCCN)c([I-]C(C)C)n1. The number of allylic oxidation sites excluding steroid dienone is 1. The number of hydrogen-bond donors (Lipinski definition) is 4. The Labute approximate surface area is 237 Å². The van der Waals surface area contributed by atoms with Gasteiger partial charge in [0.1, 0.15) is 0 Å². The Morgan fingerprint density at radius 3 is 2.53 bits per heavy atom. The van der Waals surface area contributed by atoms with Crippen LogP contribution in [-0.4, -0.2) is 57.6 Å². The van der Waals surface area contributed by atoms with E-state index in [2.05, 4.69) is 52.8 Å². The number of alkyl halides is 4. The van der Waals surface area contributed by atoms with Crippen LogP contribution in [-0.2, 0) is 11.3 Å². The van der Waals surface area contributed by atoms with E-state index in [0.717, 1.165) is 35.9 Å². The molecule has 3 atom stereocenters. The standard InChI is InChI=1S/C28H50I2N3O3/c1-7-25(12-9-11-21(5)15-26(34)35)36-19-24-16-22(6)27(28(33-24)29-20(3)4)23(18-32)17-30(8-2)13-10-14-31/h9,12,16,18,20-21,23,25-26,32,34-35H,7-8,10-11,13-15,17,19,31H2,1-6H3/q-1/b12-9-,32-18?/t21-,23+,25?/m0/s1. The topological polar surface area (TPSA) is 112 Å². The van der Waals surface area contributed by atoms with Crippen LogP contribution in [0.1, 0.15) is 83.0 Å². The molecule has 0 aliphatic carbocycles. The van der Waals surface area contributed by atoms with Crippen molar-refractivity contribution in [2.24, 2.45) is 11.7 Å². The number of aromatic nitrogens is 1. The summed E-state index contributed by atoms with van der Waals surface area (Å²) >= 11 is -1.38. The van der Waals surface area contributed by atoms with E-state index in [1.165, 1.54) is 23.7 Å². The molecule has 1 rings (SSSR count). The van der Waals surface area contributed by atoms with Gasteiger partial charge in [0, 0.05) is 0 Å². The van der Waals surface area contributed by atoms with E-state index < -0.39 is 26.1 Å². The Kier molecular flexibility index (Phi) is 17.9. The predicted octanol–water partition coefficient (Wildman–Crippen LogP) is 2.24. The van der Waals surface area contributed by atoms with Gasteiger partial charge in [-0.3, -0.25) is 0 Å². The summed E-state index contributed by atoms with van der Waals surface area (Å²) in [4.78, 5) is 5.12. The summed E-state index contributed by atoms with van der Waals surface area (Å²) < 4.78 is 11.8. The first-order valence-electron chi connectivity index (χ1n) is 13.2. The van der Waals surface area contributed by atoms with Gasteiger partial charge in [0.25, 0.3) is 0 Å². The van der Waals surface area contributed by atoms with Gasteiger partial charge in [-0.25, -0.2) is 0 Å². The summed E-state index contributed by atoms with van der Waals surface area (Å²) in [6, 6.07) is 2.17. The fraction of sp³-hybridized carbons (Fsp3) is 0.714. The molecule has 5 N–H and O–H groups in total. The molecule has 0 saturated carbocycles. The van der Waals surface area contributed by atoms with Crippen molar-refractivity contribution in [2.45, 2.75) is 96.1 Å². The van der Waals surface area contributed by atoms with Gasteiger partial charge in [0.2, 0.25) is 0 Å². The zero-order valence-electron chi connectivity index (χ0n) is 23.1. The Morgan fingerprint density at radius 2 is 1.97 bits per heavy atom. The summed E-state index contributed by atoms with van der Waals surface area (Å²) in [6.07, 6.45) is 7.77. The third-order valence-electron chi connectivity index (χ3n) is 5.88. The number of aliphatic hydroxyl groups is 2. The summed E-state index contributed by atoms with van der Waals surface area (Å²) in [5.74, 6) is 0.389. The third kappa shape index (κ3) is 13.1. The van der Waals surface area contributed by atoms with Crippen LogP contribution in [0.5, 0.6) is 0 Å². The molecule has 0 bridgehead atoms. The van der Waals surface area contributed by atoms with Crippen LogP contribution in [0, 0.1) is 22.0 Å². The van der Waals surface area contributed by atoms with Crippen molar-refractivity contribution >= 4 is 26.0 Å². The fourth-order valence-electron chi connectivity index (χ4n) is 3.97. The monoisotopic (exact) mass is 730 g/mol. The molecule has 1 unspecified atom stereocenters. The molecular formula is C28H50I2N3O3-. The number of nitrogens with zero attached hydrogens (tertiary/aromatic N) is 1. The van der Waals surface area contributed by atoms with E-state index in [9.17, 15) is 0 Å². The minimum atomic E-state index is -1.25. The molecule has 0 fully saturated rings. The number of hydrogen-bond acceptors (Lipinski definition) is 6. The molecule has 1 heterocycles. The first-order valence-corrected chi connectivity index (χ1v) is 20.1. The summed E-state index contributed by atoms with van der Waals surface area (Å²) in [7, 11) is 0. The number of nitrogens with one attached hydrogen (secondary N) is 1. The first-order chi connectivity index (χ1) is 17.1. The zero-order chi connectivity index (χ0) is 27.1. The normalized spacial score (nSPS) is 15.1. The molecule has 210 valence electrons. The Balaban J connectivity index is 3.02. The van der Waals surface area contributed by atoms with Gasteiger partial charge in [-0.05, 0) is 0 Å². The zero-order valence-corrected chi connectivity index (χ0v) is 27.5. The van der Waals surface area contributed by atoms with E-state index in [4.69, 9.17) is 31.1 Å². The van der Waals surface area contributed by atoms with Crippen molar-refractivity contribution in [3.05, 3.63) is 38.7 Å². The molecular weight excluding hydrogens is 680 g/mol. The molecule has 8 heteroatoms. The van der Waals surface area contributed by atoms with Gasteiger partial charge in [-0.1, -0.05) is 0 Å². The summed E-state index contributed by atoms with van der Waals surface area (Å²) in [5, 5.41) is 26.5. The molecule has 6 nitrogen and oxygen atoms in total. The number of ether oxygens (including phenoxy) is 1. The fourth-order valence-corrected chi connectivity index (χ4v) is 12.1. The van der Waals surface area contributed by atoms with E-state index in [0.29, 0.717) is 17.0 Å². The van der Waals surface area contributed by atoms with Crippen LogP contribution in [0.2, 0.25) is 0 Å². The Hall–Kier alpha value is -0.140. The van der Waals surface area contributed by atoms with E-state index in [-0.39, 0.29) is 39.1 Å². The van der Waals surface area contributed by atoms with Crippen LogP contribution in [0.15, 0.2) is 18.2 Å². The average Bonchev–Trinajstić information content (AvgIpc) is 2.81. The van der Waals surface area contributed by atoms with Gasteiger partial charge in [0.05, 0.1) is 0 Å². The van der Waals surface area contributed by atoms with E-state index >= 15 is 0 Å². The molecule has 0 amide bonds. The predicted molar refractivity (Wildman–Crippen MR) is 157 cm³/mol. The van der Waals surface area contributed by atoms with Crippen molar-refractivity contribution in [3.63, 3.8) is 0 Å². The molecule has 0 aromatic carbocycles. The van der Waals surface area contributed by atoms with E-state index in [1.807, 2.05) is 6.92 Å². The average molecular weight is 731 g/mol. The number of pyridine rings is 1. The molecule has 0 aliphatic rings. The number of aryl methyl sites for hydroxylation is 1. The second-order valence-electron chi connectivity index (χ2n) is 9.59. The number of halogens is 2. The summed E-state index contributed by atoms with van der Waals surface area (Å²) in [6.45, 7) is 14.4. The number of aliphatic hydroxyl groups excluding tert-OH is 1. The first kappa shape index (κ1) is 33.9. The quantitative estimate of drug-likeness (QED) is 0.0436. The molecule has 36 heavy (non-hydrogen) atoms. The second-order valence-corrected chi connectivity index (χ2v) is 20.5. The van der Waals surface area contributed by atoms with Crippen LogP contribution in [0.25, 0.3) is 0 Å². The van der Waals surface area contributed by atoms with Crippen molar-refractivity contribution in [1.29, 1.82) is 5.41 Å². The van der Waals surface area contributed by atoms with Crippen LogP contribution < -0.4 is 26.9 Å². The molecule has 0 aliphatic heterocycles. The van der Waals surface area contributed by atoms with Crippen molar-refractivity contribution in [3.8, 4) is 0 Å². The van der Waals surface area contributed by atoms with Crippen LogP contribution in [0.4, 0.5) is 0 Å². The van der Waals surface area contributed by atoms with Crippen molar-refractivity contribution < 1.29 is 36.2 Å². The molecule has 0 spiro atoms. The van der Waals surface area contributed by atoms with Crippen molar-refractivity contribution in [1.82, 2.24) is 4.98 Å². The molecule has 0 radical (unpaired) electrons. The van der Waals surface area contributed by atoms with Crippen LogP contribution >= 0.6 is 19.8 Å². The summed E-state index contributed by atoms with van der Waals surface area (Å²) in [5.41, 5.74) is 9.32. The third-order valence-corrected chi connectivity index (χ3v) is 15.2. The second kappa shape index (κ2) is 19.0. The molecule has 1 aromatic rings. The Morgan fingerprint density at radius 1 is 1.25 bits per heavy atom. The molecule has 1 aromatic heterocycles. The number of nitrogens with two attached hydrogens (primary N) is 1. The van der Waals surface area contributed by atoms with Gasteiger partial charge in [-0.2, -0.15) is 0 Å². The van der Waals surface area contributed by atoms with Gasteiger partial charge >= 0.3 is 229 Å².